The number of Topliss-reactive ketones (excluding diaryl/α,β-unsaturated/α-hetero) is 1. The van der Waals surface area contributed by atoms with E-state index in [0.717, 1.165) is 18.4 Å². The molecule has 2 heteroatoms. The van der Waals surface area contributed by atoms with E-state index in [1.165, 1.54) is 5.39 Å². The molecule has 2 aromatic rings. The lowest BCUT2D eigenvalue weighted by atomic mass is 10.2. The summed E-state index contributed by atoms with van der Waals surface area (Å²) in [7, 11) is 0. The molecular formula is C13H13NO. The van der Waals surface area contributed by atoms with Crippen molar-refractivity contribution in [2.24, 2.45) is 5.92 Å². The normalized spacial score (nSPS) is 15.7. The fourth-order valence-corrected chi connectivity index (χ4v) is 1.98. The topological polar surface area (TPSA) is 22.0 Å². The highest BCUT2D eigenvalue weighted by Crippen LogP contribution is 2.30. The van der Waals surface area contributed by atoms with Gasteiger partial charge in [0.1, 0.15) is 0 Å². The molecule has 1 aromatic carbocycles. The molecule has 0 atom stereocenters. The van der Waals surface area contributed by atoms with Crippen LogP contribution in [-0.4, -0.2) is 10.4 Å². The van der Waals surface area contributed by atoms with Gasteiger partial charge in [-0.1, -0.05) is 18.2 Å². The number of carbonyl (C=O) groups excluding carboxylic acids is 1. The second-order valence-electron chi connectivity index (χ2n) is 4.24. The molecule has 1 aliphatic carbocycles. The second kappa shape index (κ2) is 3.23. The van der Waals surface area contributed by atoms with Gasteiger partial charge in [-0.2, -0.15) is 0 Å². The fraction of sp³-hybridized carbons (Fsp3) is 0.308. The average Bonchev–Trinajstić information content (AvgIpc) is 3.03. The first kappa shape index (κ1) is 8.72. The Morgan fingerprint density at radius 1 is 1.27 bits per heavy atom. The molecule has 0 aliphatic heterocycles. The van der Waals surface area contributed by atoms with Gasteiger partial charge in [-0.3, -0.25) is 4.79 Å². The maximum Gasteiger partial charge on any atom is 0.155 e. The Morgan fingerprint density at radius 3 is 2.87 bits per heavy atom. The molecule has 1 aromatic heterocycles. The van der Waals surface area contributed by atoms with E-state index in [4.69, 9.17) is 0 Å². The molecule has 76 valence electrons. The lowest BCUT2D eigenvalue weighted by Crippen LogP contribution is -2.10. The van der Waals surface area contributed by atoms with Crippen LogP contribution in [0.15, 0.2) is 36.5 Å². The predicted octanol–water partition coefficient (Wildman–Crippen LogP) is 2.62. The van der Waals surface area contributed by atoms with Gasteiger partial charge in [-0.15, -0.1) is 0 Å². The van der Waals surface area contributed by atoms with Crippen LogP contribution < -0.4 is 0 Å². The molecule has 1 saturated carbocycles. The van der Waals surface area contributed by atoms with Gasteiger partial charge in [0, 0.05) is 17.6 Å². The summed E-state index contributed by atoms with van der Waals surface area (Å²) in [5, 5.41) is 1.21. The van der Waals surface area contributed by atoms with E-state index in [9.17, 15) is 4.79 Å². The van der Waals surface area contributed by atoms with E-state index < -0.39 is 0 Å². The minimum atomic E-state index is 0.353. The van der Waals surface area contributed by atoms with E-state index in [-0.39, 0.29) is 0 Å². The van der Waals surface area contributed by atoms with Crippen LogP contribution >= 0.6 is 0 Å². The molecule has 0 spiro atoms. The summed E-state index contributed by atoms with van der Waals surface area (Å²) in [5.74, 6) is 0.738. The predicted molar refractivity (Wildman–Crippen MR) is 59.7 cm³/mol. The van der Waals surface area contributed by atoms with Crippen LogP contribution in [0.4, 0.5) is 0 Å². The lowest BCUT2D eigenvalue weighted by molar-refractivity contribution is -0.120. The van der Waals surface area contributed by atoms with Gasteiger partial charge in [0.05, 0.1) is 6.54 Å². The lowest BCUT2D eigenvalue weighted by Gasteiger charge is -2.03. The molecule has 0 unspecified atom stereocenters. The molecule has 2 nitrogen and oxygen atoms in total. The molecule has 0 radical (unpaired) electrons. The number of carbonyl (C=O) groups is 1. The maximum atomic E-state index is 11.7. The molecule has 0 amide bonds. The molecule has 1 heterocycles. The van der Waals surface area contributed by atoms with Gasteiger partial charge in [0.15, 0.2) is 5.78 Å². The van der Waals surface area contributed by atoms with E-state index in [1.54, 1.807) is 0 Å². The highest BCUT2D eigenvalue weighted by Gasteiger charge is 2.29. The van der Waals surface area contributed by atoms with E-state index >= 15 is 0 Å². The fourth-order valence-electron chi connectivity index (χ4n) is 1.98. The van der Waals surface area contributed by atoms with E-state index in [1.807, 2.05) is 18.3 Å². The minimum absolute atomic E-state index is 0.353. The molecule has 1 fully saturated rings. The summed E-state index contributed by atoms with van der Waals surface area (Å²) in [5.41, 5.74) is 1.16. The molecule has 0 saturated heterocycles. The van der Waals surface area contributed by atoms with Crippen LogP contribution in [0.1, 0.15) is 12.8 Å². The van der Waals surface area contributed by atoms with Crippen LogP contribution in [0, 0.1) is 5.92 Å². The molecule has 0 bridgehead atoms. The number of rotatable bonds is 3. The quantitative estimate of drug-likeness (QED) is 0.744. The van der Waals surface area contributed by atoms with Crippen molar-refractivity contribution in [1.82, 2.24) is 4.57 Å². The van der Waals surface area contributed by atoms with Gasteiger partial charge in [0.25, 0.3) is 0 Å². The van der Waals surface area contributed by atoms with E-state index in [0.29, 0.717) is 18.2 Å². The third kappa shape index (κ3) is 1.56. The SMILES string of the molecule is O=C(Cn1ccc2ccccc21)C1CC1. The minimum Gasteiger partial charge on any atom is -0.340 e. The Hall–Kier alpha value is -1.57. The molecular weight excluding hydrogens is 186 g/mol. The summed E-state index contributed by atoms with van der Waals surface area (Å²) < 4.78 is 2.05. The molecule has 0 N–H and O–H groups in total. The van der Waals surface area contributed by atoms with Gasteiger partial charge < -0.3 is 4.57 Å². The first-order valence-corrected chi connectivity index (χ1v) is 5.41. The summed E-state index contributed by atoms with van der Waals surface area (Å²) in [6.07, 6.45) is 4.20. The van der Waals surface area contributed by atoms with Crippen LogP contribution in [0.25, 0.3) is 10.9 Å². The zero-order chi connectivity index (χ0) is 10.3. The van der Waals surface area contributed by atoms with Crippen molar-refractivity contribution in [2.45, 2.75) is 19.4 Å². The van der Waals surface area contributed by atoms with Crippen molar-refractivity contribution in [3.63, 3.8) is 0 Å². The number of aromatic nitrogens is 1. The van der Waals surface area contributed by atoms with Gasteiger partial charge in [-0.25, -0.2) is 0 Å². The summed E-state index contributed by atoms with van der Waals surface area (Å²) in [6, 6.07) is 10.2. The summed E-state index contributed by atoms with van der Waals surface area (Å²) in [4.78, 5) is 11.7. The number of para-hydroxylation sites is 1. The average molecular weight is 199 g/mol. The Morgan fingerprint density at radius 2 is 2.07 bits per heavy atom. The Kier molecular flexibility index (Phi) is 1.88. The largest absolute Gasteiger partial charge is 0.340 e. The number of hydrogen-bond acceptors (Lipinski definition) is 1. The maximum absolute atomic E-state index is 11.7. The van der Waals surface area contributed by atoms with Crippen molar-refractivity contribution in [3.05, 3.63) is 36.5 Å². The van der Waals surface area contributed by atoms with Crippen LogP contribution in [0.2, 0.25) is 0 Å². The van der Waals surface area contributed by atoms with Crippen LogP contribution in [-0.2, 0) is 11.3 Å². The molecule has 1 aliphatic rings. The number of nitrogens with zero attached hydrogens (tertiary/aromatic N) is 1. The van der Waals surface area contributed by atoms with Crippen LogP contribution in [0.3, 0.4) is 0 Å². The Balaban J connectivity index is 1.93. The standard InChI is InChI=1S/C13H13NO/c15-13(11-5-6-11)9-14-8-7-10-3-1-2-4-12(10)14/h1-4,7-8,11H,5-6,9H2. The van der Waals surface area contributed by atoms with Crippen molar-refractivity contribution in [2.75, 3.05) is 0 Å². The zero-order valence-corrected chi connectivity index (χ0v) is 8.52. The molecule has 15 heavy (non-hydrogen) atoms. The Bertz CT molecular complexity index is 508. The van der Waals surface area contributed by atoms with Gasteiger partial charge in [-0.05, 0) is 30.4 Å². The Labute approximate surface area is 88.5 Å². The van der Waals surface area contributed by atoms with Crippen molar-refractivity contribution in [1.29, 1.82) is 0 Å². The second-order valence-corrected chi connectivity index (χ2v) is 4.24. The summed E-state index contributed by atoms with van der Waals surface area (Å²) >= 11 is 0. The first-order chi connectivity index (χ1) is 7.34. The summed E-state index contributed by atoms with van der Waals surface area (Å²) in [6.45, 7) is 0.540. The van der Waals surface area contributed by atoms with Crippen molar-refractivity contribution in [3.8, 4) is 0 Å². The highest BCUT2D eigenvalue weighted by molar-refractivity contribution is 5.86. The zero-order valence-electron chi connectivity index (χ0n) is 8.52. The number of hydrogen-bond donors (Lipinski definition) is 0. The van der Waals surface area contributed by atoms with Crippen molar-refractivity contribution >= 4 is 16.7 Å². The molecule has 3 rings (SSSR count). The van der Waals surface area contributed by atoms with Gasteiger partial charge >= 0.3 is 0 Å². The third-order valence-corrected chi connectivity index (χ3v) is 3.04. The third-order valence-electron chi connectivity index (χ3n) is 3.04. The van der Waals surface area contributed by atoms with Crippen molar-refractivity contribution < 1.29 is 4.79 Å². The highest BCUT2D eigenvalue weighted by atomic mass is 16.1. The number of benzene rings is 1. The van der Waals surface area contributed by atoms with E-state index in [2.05, 4.69) is 22.8 Å². The van der Waals surface area contributed by atoms with Crippen LogP contribution in [0.5, 0.6) is 0 Å². The van der Waals surface area contributed by atoms with Gasteiger partial charge in [0.2, 0.25) is 0 Å². The first-order valence-electron chi connectivity index (χ1n) is 5.41. The smallest absolute Gasteiger partial charge is 0.155 e. The number of fused-ring (bicyclic) bond motifs is 1. The number of ketones is 1. The monoisotopic (exact) mass is 199 g/mol.